The van der Waals surface area contributed by atoms with Crippen LogP contribution in [-0.2, 0) is 17.3 Å². The highest BCUT2D eigenvalue weighted by Crippen LogP contribution is 2.49. The summed E-state index contributed by atoms with van der Waals surface area (Å²) >= 11 is 0. The number of hydrogen-bond acceptors (Lipinski definition) is 1. The van der Waals surface area contributed by atoms with Gasteiger partial charge >= 0.3 is 0 Å². The molecule has 0 saturated heterocycles. The van der Waals surface area contributed by atoms with Crippen LogP contribution in [0.25, 0.3) is 11.3 Å². The normalized spacial score (nSPS) is 21.0. The lowest BCUT2D eigenvalue weighted by molar-refractivity contribution is 0.0912. The van der Waals surface area contributed by atoms with E-state index in [2.05, 4.69) is 62.3 Å². The van der Waals surface area contributed by atoms with Gasteiger partial charge in [-0.2, -0.15) is 0 Å². The second kappa shape index (κ2) is 8.64. The summed E-state index contributed by atoms with van der Waals surface area (Å²) in [7, 11) is 0. The van der Waals surface area contributed by atoms with Crippen molar-refractivity contribution >= 4 is 5.91 Å². The zero-order valence-corrected chi connectivity index (χ0v) is 21.2. The summed E-state index contributed by atoms with van der Waals surface area (Å²) in [5.41, 5.74) is 7.77. The Morgan fingerprint density at radius 3 is 2.33 bits per heavy atom. The van der Waals surface area contributed by atoms with E-state index in [0.29, 0.717) is 11.5 Å². The van der Waals surface area contributed by atoms with E-state index in [1.807, 2.05) is 0 Å². The number of hydrogen-bond donors (Lipinski definition) is 2. The predicted octanol–water partition coefficient (Wildman–Crippen LogP) is 7.44. The second-order valence-electron chi connectivity index (χ2n) is 12.5. The first-order valence-electron chi connectivity index (χ1n) is 13.4. The van der Waals surface area contributed by atoms with E-state index in [1.54, 1.807) is 0 Å². The molecule has 2 N–H and O–H groups in total. The maximum absolute atomic E-state index is 13.1. The van der Waals surface area contributed by atoms with Crippen molar-refractivity contribution in [1.82, 2.24) is 10.3 Å². The van der Waals surface area contributed by atoms with Crippen LogP contribution in [0.5, 0.6) is 0 Å². The lowest BCUT2D eigenvalue weighted by atomic mass is 9.81. The van der Waals surface area contributed by atoms with E-state index < -0.39 is 0 Å². The Labute approximate surface area is 200 Å². The topological polar surface area (TPSA) is 44.9 Å². The molecule has 1 heterocycles. The quantitative estimate of drug-likeness (QED) is 0.476. The summed E-state index contributed by atoms with van der Waals surface area (Å²) in [5.74, 6) is 0.805. The Hall–Kier alpha value is -2.03. The van der Waals surface area contributed by atoms with Gasteiger partial charge in [0.15, 0.2) is 0 Å². The van der Waals surface area contributed by atoms with E-state index in [4.69, 9.17) is 0 Å². The molecule has 3 fully saturated rings. The minimum atomic E-state index is 0.0669. The summed E-state index contributed by atoms with van der Waals surface area (Å²) in [4.78, 5) is 16.7. The third-order valence-electron chi connectivity index (χ3n) is 8.60. The molecule has 3 nitrogen and oxygen atoms in total. The number of aromatic nitrogens is 1. The first-order chi connectivity index (χ1) is 15.7. The van der Waals surface area contributed by atoms with Crippen molar-refractivity contribution in [2.45, 2.75) is 115 Å². The molecule has 0 aliphatic heterocycles. The maximum atomic E-state index is 13.1. The second-order valence-corrected chi connectivity index (χ2v) is 12.5. The van der Waals surface area contributed by atoms with Crippen molar-refractivity contribution in [3.8, 4) is 11.3 Å². The molecule has 1 amide bonds. The predicted molar refractivity (Wildman–Crippen MR) is 137 cm³/mol. The van der Waals surface area contributed by atoms with Gasteiger partial charge in [-0.05, 0) is 95.7 Å². The van der Waals surface area contributed by atoms with Gasteiger partial charge in [0.1, 0.15) is 5.69 Å². The molecule has 0 radical (unpaired) electrons. The number of carbonyl (C=O) groups is 1. The molecule has 0 atom stereocenters. The van der Waals surface area contributed by atoms with Gasteiger partial charge in [-0.3, -0.25) is 4.79 Å². The maximum Gasteiger partial charge on any atom is 0.267 e. The number of H-pyrrole nitrogens is 1. The molecule has 0 bridgehead atoms. The largest absolute Gasteiger partial charge is 0.350 e. The van der Waals surface area contributed by atoms with Crippen LogP contribution in [0.4, 0.5) is 0 Å². The number of carbonyl (C=O) groups excluding carboxylic acids is 1. The Kier molecular flexibility index (Phi) is 5.95. The summed E-state index contributed by atoms with van der Waals surface area (Å²) in [5, 5.41) is 3.24. The van der Waals surface area contributed by atoms with Gasteiger partial charge in [-0.1, -0.05) is 65.9 Å². The van der Waals surface area contributed by atoms with Crippen LogP contribution >= 0.6 is 0 Å². The molecular formula is C30H42N2O. The van der Waals surface area contributed by atoms with Crippen LogP contribution < -0.4 is 5.32 Å². The van der Waals surface area contributed by atoms with Crippen LogP contribution in [0.15, 0.2) is 24.3 Å². The zero-order chi connectivity index (χ0) is 23.2. The molecule has 3 aliphatic carbocycles. The number of nitrogens with one attached hydrogen (secondary N) is 2. The van der Waals surface area contributed by atoms with Crippen molar-refractivity contribution in [3.05, 3.63) is 46.6 Å². The number of rotatable bonds is 6. The smallest absolute Gasteiger partial charge is 0.267 e. The first-order valence-corrected chi connectivity index (χ1v) is 13.4. The number of benzene rings is 1. The fourth-order valence-corrected chi connectivity index (χ4v) is 5.59. The van der Waals surface area contributed by atoms with E-state index in [0.717, 1.165) is 30.9 Å². The summed E-state index contributed by atoms with van der Waals surface area (Å²) in [6, 6.07) is 9.74. The van der Waals surface area contributed by atoms with Crippen molar-refractivity contribution in [2.24, 2.45) is 5.92 Å². The van der Waals surface area contributed by atoms with Crippen LogP contribution in [-0.4, -0.2) is 16.9 Å². The minimum absolute atomic E-state index is 0.0669. The van der Waals surface area contributed by atoms with Crippen molar-refractivity contribution < 1.29 is 4.79 Å². The molecule has 3 heteroatoms. The Morgan fingerprint density at radius 2 is 1.73 bits per heavy atom. The van der Waals surface area contributed by atoms with Gasteiger partial charge in [-0.15, -0.1) is 0 Å². The molecule has 178 valence electrons. The zero-order valence-electron chi connectivity index (χ0n) is 21.2. The van der Waals surface area contributed by atoms with Crippen molar-refractivity contribution in [1.29, 1.82) is 0 Å². The summed E-state index contributed by atoms with van der Waals surface area (Å²) in [6.07, 6.45) is 13.8. The molecule has 3 saturated carbocycles. The average Bonchev–Trinajstić information content (AvgIpc) is 3.37. The Bertz CT molecular complexity index is 987. The lowest BCUT2D eigenvalue weighted by Gasteiger charge is -2.26. The van der Waals surface area contributed by atoms with Gasteiger partial charge in [0.25, 0.3) is 5.91 Å². The Balaban J connectivity index is 1.54. The van der Waals surface area contributed by atoms with Gasteiger partial charge in [0.2, 0.25) is 0 Å². The van der Waals surface area contributed by atoms with E-state index in [-0.39, 0.29) is 11.3 Å². The number of amides is 1. The highest BCUT2D eigenvalue weighted by Gasteiger charge is 2.40. The highest BCUT2D eigenvalue weighted by molar-refractivity contribution is 5.94. The molecule has 3 aliphatic rings. The summed E-state index contributed by atoms with van der Waals surface area (Å²) in [6.45, 7) is 9.31. The molecule has 5 rings (SSSR count). The van der Waals surface area contributed by atoms with Crippen LogP contribution in [0, 0.1) is 5.92 Å². The third kappa shape index (κ3) is 4.93. The van der Waals surface area contributed by atoms with Crippen LogP contribution in [0.2, 0.25) is 0 Å². The first kappa shape index (κ1) is 22.7. The van der Waals surface area contributed by atoms with Gasteiger partial charge < -0.3 is 10.3 Å². The van der Waals surface area contributed by atoms with Gasteiger partial charge in [0, 0.05) is 11.7 Å². The Morgan fingerprint density at radius 1 is 1.00 bits per heavy atom. The van der Waals surface area contributed by atoms with Gasteiger partial charge in [0.05, 0.1) is 0 Å². The molecular weight excluding hydrogens is 404 g/mol. The average molecular weight is 447 g/mol. The fraction of sp³-hybridized carbons (Fsp3) is 0.633. The van der Waals surface area contributed by atoms with E-state index >= 15 is 0 Å². The highest BCUT2D eigenvalue weighted by atomic mass is 16.1. The van der Waals surface area contributed by atoms with Crippen molar-refractivity contribution in [3.63, 3.8) is 0 Å². The lowest BCUT2D eigenvalue weighted by Crippen LogP contribution is -2.39. The molecule has 2 aromatic rings. The SMILES string of the molecule is CC(C)(C)c1cc(-c2[nH]c(C(=O)NC3CCC3)cc2CC2CCCCC2)cc(C2(C)CC2)c1. The van der Waals surface area contributed by atoms with Crippen LogP contribution in [0.1, 0.15) is 119 Å². The molecule has 33 heavy (non-hydrogen) atoms. The molecule has 1 aromatic heterocycles. The molecule has 0 spiro atoms. The minimum Gasteiger partial charge on any atom is -0.350 e. The third-order valence-corrected chi connectivity index (χ3v) is 8.60. The molecule has 0 unspecified atom stereocenters. The summed E-state index contributed by atoms with van der Waals surface area (Å²) < 4.78 is 0. The van der Waals surface area contributed by atoms with E-state index in [9.17, 15) is 4.79 Å². The number of aromatic amines is 1. The monoisotopic (exact) mass is 446 g/mol. The van der Waals surface area contributed by atoms with Crippen molar-refractivity contribution in [2.75, 3.05) is 0 Å². The van der Waals surface area contributed by atoms with E-state index in [1.165, 1.54) is 79.3 Å². The standard InChI is InChI=1S/C30H42N2O/c1-29(2,3)23-16-22(17-24(19-23)30(4)13-14-30)27-21(15-20-9-6-5-7-10-20)18-26(32-27)28(33)31-25-11-8-12-25/h16-20,25,32H,5-15H2,1-4H3,(H,31,33). The van der Waals surface area contributed by atoms with Crippen LogP contribution in [0.3, 0.4) is 0 Å². The van der Waals surface area contributed by atoms with Gasteiger partial charge in [-0.25, -0.2) is 0 Å². The molecule has 1 aromatic carbocycles. The fourth-order valence-electron chi connectivity index (χ4n) is 5.59.